The van der Waals surface area contributed by atoms with E-state index in [-0.39, 0.29) is 17.0 Å². The van der Waals surface area contributed by atoms with Crippen LogP contribution in [0.3, 0.4) is 0 Å². The number of alkyl halides is 2. The summed E-state index contributed by atoms with van der Waals surface area (Å²) in [6.07, 6.45) is 1.06. The van der Waals surface area contributed by atoms with Gasteiger partial charge in [0.05, 0.1) is 6.61 Å². The van der Waals surface area contributed by atoms with Crippen LogP contribution in [0.1, 0.15) is 26.2 Å². The van der Waals surface area contributed by atoms with Gasteiger partial charge in [0.2, 0.25) is 0 Å². The Kier molecular flexibility index (Phi) is 8.47. The number of carbonyl (C=O) groups excluding carboxylic acids is 2. The van der Waals surface area contributed by atoms with Crippen LogP contribution in [0.5, 0.6) is 0 Å². The normalized spacial score (nSPS) is 12.2. The summed E-state index contributed by atoms with van der Waals surface area (Å²) in [5.41, 5.74) is 0. The maximum Gasteiger partial charge on any atom is 0.313 e. The minimum absolute atomic E-state index is 0.0612. The van der Waals surface area contributed by atoms with Crippen molar-refractivity contribution in [3.8, 4) is 0 Å². The Morgan fingerprint density at radius 3 is 2.57 bits per heavy atom. The molecule has 0 rings (SSSR count). The molecule has 0 aliphatic rings. The lowest BCUT2D eigenvalue weighted by molar-refractivity contribution is -0.145. The summed E-state index contributed by atoms with van der Waals surface area (Å²) in [7, 11) is 0. The summed E-state index contributed by atoms with van der Waals surface area (Å²) in [6, 6.07) is 0. The van der Waals surface area contributed by atoms with Gasteiger partial charge in [-0.1, -0.05) is 31.9 Å². The summed E-state index contributed by atoms with van der Waals surface area (Å²) >= 11 is 6.68. The molecule has 3 nitrogen and oxygen atoms in total. The van der Waals surface area contributed by atoms with Crippen molar-refractivity contribution in [1.82, 2.24) is 0 Å². The lowest BCUT2D eigenvalue weighted by Crippen LogP contribution is -2.12. The molecule has 1 atom stereocenters. The molecule has 0 aromatic carbocycles. The van der Waals surface area contributed by atoms with Gasteiger partial charge in [-0.05, 0) is 13.3 Å². The van der Waals surface area contributed by atoms with Crippen LogP contribution in [0.25, 0.3) is 0 Å². The fraction of sp³-hybridized carbons (Fsp3) is 0.778. The number of ketones is 1. The average molecular weight is 330 g/mol. The first-order valence-corrected chi connectivity index (χ1v) is 6.51. The lowest BCUT2D eigenvalue weighted by Gasteiger charge is -2.04. The zero-order valence-corrected chi connectivity index (χ0v) is 11.3. The molecule has 0 aliphatic carbocycles. The maximum atomic E-state index is 11.2. The Labute approximate surface area is 101 Å². The third-order valence-electron chi connectivity index (χ3n) is 1.55. The van der Waals surface area contributed by atoms with E-state index in [1.54, 1.807) is 6.92 Å². The number of hydrogen-bond acceptors (Lipinski definition) is 3. The van der Waals surface area contributed by atoms with Crippen LogP contribution >= 0.6 is 31.9 Å². The highest BCUT2D eigenvalue weighted by molar-refractivity contribution is 9.12. The van der Waals surface area contributed by atoms with Crippen LogP contribution in [0.15, 0.2) is 0 Å². The van der Waals surface area contributed by atoms with Gasteiger partial charge in [0.15, 0.2) is 0 Å². The molecule has 0 aromatic heterocycles. The quantitative estimate of drug-likeness (QED) is 0.409. The SMILES string of the molecule is CCOC(=O)CC(=O)CCC(Br)CBr. The molecule has 0 aromatic rings. The van der Waals surface area contributed by atoms with E-state index in [0.29, 0.717) is 13.0 Å². The number of rotatable bonds is 7. The average Bonchev–Trinajstić information content (AvgIpc) is 2.14. The second-order valence-corrected chi connectivity index (χ2v) is 4.75. The van der Waals surface area contributed by atoms with Gasteiger partial charge < -0.3 is 4.74 Å². The highest BCUT2D eigenvalue weighted by Crippen LogP contribution is 2.11. The Bertz CT molecular complexity index is 194. The minimum Gasteiger partial charge on any atom is -0.466 e. The highest BCUT2D eigenvalue weighted by Gasteiger charge is 2.11. The van der Waals surface area contributed by atoms with Crippen LogP contribution in [-0.4, -0.2) is 28.5 Å². The Balaban J connectivity index is 3.60. The molecule has 1 unspecified atom stereocenters. The second kappa shape index (κ2) is 8.41. The molecule has 14 heavy (non-hydrogen) atoms. The number of esters is 1. The molecule has 82 valence electrons. The lowest BCUT2D eigenvalue weighted by atomic mass is 10.1. The van der Waals surface area contributed by atoms with Gasteiger partial charge >= 0.3 is 5.97 Å². The molecule has 0 saturated carbocycles. The number of hydrogen-bond donors (Lipinski definition) is 0. The van der Waals surface area contributed by atoms with E-state index >= 15 is 0 Å². The van der Waals surface area contributed by atoms with E-state index in [4.69, 9.17) is 0 Å². The number of Topliss-reactive ketones (excluding diaryl/α,β-unsaturated/α-hetero) is 1. The zero-order chi connectivity index (χ0) is 11.0. The van der Waals surface area contributed by atoms with Crippen LogP contribution in [0.4, 0.5) is 0 Å². The monoisotopic (exact) mass is 328 g/mol. The van der Waals surface area contributed by atoms with Crippen molar-refractivity contribution in [3.63, 3.8) is 0 Å². The molecule has 5 heteroatoms. The van der Waals surface area contributed by atoms with Crippen molar-refractivity contribution in [2.45, 2.75) is 31.0 Å². The van der Waals surface area contributed by atoms with Crippen LogP contribution in [-0.2, 0) is 14.3 Å². The summed E-state index contributed by atoms with van der Waals surface area (Å²) in [4.78, 5) is 22.4. The molecular weight excluding hydrogens is 316 g/mol. The molecule has 0 spiro atoms. The summed E-state index contributed by atoms with van der Waals surface area (Å²) in [5.74, 6) is -0.490. The standard InChI is InChI=1S/C9H14Br2O3/c1-2-14-9(13)5-8(12)4-3-7(11)6-10/h7H,2-6H2,1H3. The fourth-order valence-electron chi connectivity index (χ4n) is 0.856. The van der Waals surface area contributed by atoms with Crippen LogP contribution in [0.2, 0.25) is 0 Å². The smallest absolute Gasteiger partial charge is 0.313 e. The molecule has 0 heterocycles. The Morgan fingerprint density at radius 2 is 2.07 bits per heavy atom. The van der Waals surface area contributed by atoms with E-state index in [9.17, 15) is 9.59 Å². The van der Waals surface area contributed by atoms with Crippen molar-refractivity contribution in [1.29, 1.82) is 0 Å². The highest BCUT2D eigenvalue weighted by atomic mass is 79.9. The molecule has 0 fully saturated rings. The van der Waals surface area contributed by atoms with Crippen molar-refractivity contribution < 1.29 is 14.3 Å². The molecule has 0 aliphatic heterocycles. The van der Waals surface area contributed by atoms with Gasteiger partial charge in [-0.2, -0.15) is 0 Å². The molecule has 0 amide bonds. The van der Waals surface area contributed by atoms with Gasteiger partial charge in [-0.25, -0.2) is 0 Å². The zero-order valence-electron chi connectivity index (χ0n) is 8.09. The Morgan fingerprint density at radius 1 is 1.43 bits per heavy atom. The van der Waals surface area contributed by atoms with Crippen molar-refractivity contribution in [3.05, 3.63) is 0 Å². The maximum absolute atomic E-state index is 11.2. The summed E-state index contributed by atoms with van der Waals surface area (Å²) in [5, 5.41) is 0.805. The molecule has 0 radical (unpaired) electrons. The second-order valence-electron chi connectivity index (χ2n) is 2.81. The fourth-order valence-corrected chi connectivity index (χ4v) is 1.41. The third-order valence-corrected chi connectivity index (χ3v) is 3.98. The van der Waals surface area contributed by atoms with Gasteiger partial charge in [-0.15, -0.1) is 0 Å². The van der Waals surface area contributed by atoms with E-state index < -0.39 is 5.97 Å². The molecular formula is C9H14Br2O3. The first kappa shape index (κ1) is 14.1. The van der Waals surface area contributed by atoms with E-state index in [1.165, 1.54) is 0 Å². The molecule has 0 saturated heterocycles. The van der Waals surface area contributed by atoms with Gasteiger partial charge in [0.25, 0.3) is 0 Å². The van der Waals surface area contributed by atoms with Crippen LogP contribution in [0, 0.1) is 0 Å². The first-order valence-electron chi connectivity index (χ1n) is 4.47. The largest absolute Gasteiger partial charge is 0.466 e. The Hall–Kier alpha value is 0.1000. The van der Waals surface area contributed by atoms with E-state index in [0.717, 1.165) is 11.8 Å². The number of carbonyl (C=O) groups is 2. The van der Waals surface area contributed by atoms with Crippen molar-refractivity contribution in [2.75, 3.05) is 11.9 Å². The third kappa shape index (κ3) is 7.50. The van der Waals surface area contributed by atoms with E-state index in [1.807, 2.05) is 0 Å². The minimum atomic E-state index is -0.428. The predicted molar refractivity (Wildman–Crippen MR) is 62.0 cm³/mol. The first-order chi connectivity index (χ1) is 6.60. The molecule has 0 bridgehead atoms. The van der Waals surface area contributed by atoms with Crippen LogP contribution < -0.4 is 0 Å². The van der Waals surface area contributed by atoms with Crippen molar-refractivity contribution >= 4 is 43.6 Å². The topological polar surface area (TPSA) is 43.4 Å². The van der Waals surface area contributed by atoms with E-state index in [2.05, 4.69) is 36.6 Å². The van der Waals surface area contributed by atoms with Gasteiger partial charge in [-0.3, -0.25) is 9.59 Å². The summed E-state index contributed by atoms with van der Waals surface area (Å²) < 4.78 is 4.66. The van der Waals surface area contributed by atoms with Gasteiger partial charge in [0.1, 0.15) is 12.2 Å². The number of halogens is 2. The predicted octanol–water partition coefficient (Wildman–Crippen LogP) is 2.45. The van der Waals surface area contributed by atoms with Crippen molar-refractivity contribution in [2.24, 2.45) is 0 Å². The molecule has 0 N–H and O–H groups in total. The number of ether oxygens (including phenoxy) is 1. The summed E-state index contributed by atoms with van der Waals surface area (Å²) in [6.45, 7) is 2.05. The van der Waals surface area contributed by atoms with Gasteiger partial charge in [0, 0.05) is 16.6 Å².